The average Bonchev–Trinajstić information content (AvgIpc) is 2.78. The van der Waals surface area contributed by atoms with Crippen LogP contribution < -0.4 is 24.8 Å². The van der Waals surface area contributed by atoms with Crippen molar-refractivity contribution in [2.24, 2.45) is 0 Å². The summed E-state index contributed by atoms with van der Waals surface area (Å²) in [6.45, 7) is 0.494. The van der Waals surface area contributed by atoms with Gasteiger partial charge in [-0.25, -0.2) is 13.1 Å². The highest BCUT2D eigenvalue weighted by Crippen LogP contribution is 2.29. The number of nitrogens with zero attached hydrogens (tertiary/aromatic N) is 3. The lowest BCUT2D eigenvalue weighted by atomic mass is 10.3. The summed E-state index contributed by atoms with van der Waals surface area (Å²) in [7, 11) is -0.755. The zero-order valence-corrected chi connectivity index (χ0v) is 17.3. The number of hydrogen-bond donors (Lipinski definition) is 3. The highest BCUT2D eigenvalue weighted by molar-refractivity contribution is 7.89. The molecule has 10 nitrogen and oxygen atoms in total. The number of hydrogen-bond acceptors (Lipinski definition) is 9. The van der Waals surface area contributed by atoms with Gasteiger partial charge in [0.15, 0.2) is 17.3 Å². The van der Waals surface area contributed by atoms with Crippen LogP contribution in [0.1, 0.15) is 0 Å². The smallest absolute Gasteiger partial charge is 0.240 e. The predicted octanol–water partition coefficient (Wildman–Crippen LogP) is 2.02. The van der Waals surface area contributed by atoms with Crippen molar-refractivity contribution in [3.63, 3.8) is 0 Å². The number of ether oxygens (including phenoxy) is 2. The molecule has 0 spiro atoms. The summed E-state index contributed by atoms with van der Waals surface area (Å²) in [5.74, 6) is 1.91. The Hall–Kier alpha value is -3.44. The minimum absolute atomic E-state index is 0.0893. The number of methoxy groups -OCH3 is 2. The molecule has 0 aliphatic rings. The molecule has 0 aliphatic heterocycles. The zero-order chi connectivity index (χ0) is 21.4. The second kappa shape index (κ2) is 9.85. The lowest BCUT2D eigenvalue weighted by molar-refractivity contribution is 0.354. The lowest BCUT2D eigenvalue weighted by Gasteiger charge is -2.11. The van der Waals surface area contributed by atoms with Gasteiger partial charge < -0.3 is 20.1 Å². The van der Waals surface area contributed by atoms with Gasteiger partial charge in [-0.15, -0.1) is 10.2 Å². The highest BCUT2D eigenvalue weighted by Gasteiger charge is 2.16. The van der Waals surface area contributed by atoms with Crippen LogP contribution in [0.5, 0.6) is 11.5 Å². The van der Waals surface area contributed by atoms with Gasteiger partial charge in [-0.1, -0.05) is 0 Å². The van der Waals surface area contributed by atoms with Gasteiger partial charge in [0.1, 0.15) is 5.82 Å². The zero-order valence-electron chi connectivity index (χ0n) is 16.5. The first-order valence-electron chi connectivity index (χ1n) is 8.98. The summed E-state index contributed by atoms with van der Waals surface area (Å²) < 4.78 is 37.7. The fourth-order valence-electron chi connectivity index (χ4n) is 2.52. The number of anilines is 3. The standard InChI is InChI=1S/C19H22N6O4S/c1-28-16-4-3-15(13-17(16)29-2)30(26,27)22-12-11-21-18-5-6-19(25-24-18)23-14-7-9-20-10-8-14/h3-10,13,22H,11-12H2,1-2H3,(H,21,24)(H,20,23,25). The normalized spacial score (nSPS) is 11.0. The van der Waals surface area contributed by atoms with Crippen LogP contribution in [0.15, 0.2) is 59.8 Å². The topological polar surface area (TPSA) is 127 Å². The Morgan fingerprint density at radius 2 is 1.57 bits per heavy atom. The Bertz CT molecular complexity index is 1060. The van der Waals surface area contributed by atoms with Gasteiger partial charge in [0.25, 0.3) is 0 Å². The number of nitrogens with one attached hydrogen (secondary N) is 3. The van der Waals surface area contributed by atoms with E-state index in [1.807, 2.05) is 12.1 Å². The first-order valence-corrected chi connectivity index (χ1v) is 10.5. The molecule has 30 heavy (non-hydrogen) atoms. The van der Waals surface area contributed by atoms with E-state index in [4.69, 9.17) is 9.47 Å². The summed E-state index contributed by atoms with van der Waals surface area (Å²) >= 11 is 0. The van der Waals surface area contributed by atoms with E-state index in [9.17, 15) is 8.42 Å². The van der Waals surface area contributed by atoms with Gasteiger partial charge in [-0.3, -0.25) is 4.98 Å². The van der Waals surface area contributed by atoms with Crippen molar-refractivity contribution in [1.29, 1.82) is 0 Å². The first-order chi connectivity index (χ1) is 14.5. The van der Waals surface area contributed by atoms with Gasteiger partial charge >= 0.3 is 0 Å². The van der Waals surface area contributed by atoms with Crippen LogP contribution >= 0.6 is 0 Å². The molecule has 2 aromatic heterocycles. The van der Waals surface area contributed by atoms with Gasteiger partial charge in [0, 0.05) is 37.2 Å². The van der Waals surface area contributed by atoms with E-state index >= 15 is 0 Å². The number of aromatic nitrogens is 3. The molecule has 158 valence electrons. The molecule has 0 unspecified atom stereocenters. The van der Waals surface area contributed by atoms with E-state index in [1.54, 1.807) is 30.6 Å². The molecule has 2 heterocycles. The summed E-state index contributed by atoms with van der Waals surface area (Å²) in [5, 5.41) is 14.3. The van der Waals surface area contributed by atoms with Crippen molar-refractivity contribution in [3.8, 4) is 11.5 Å². The van der Waals surface area contributed by atoms with Crippen molar-refractivity contribution in [3.05, 3.63) is 54.9 Å². The molecule has 0 amide bonds. The molecular formula is C19H22N6O4S. The largest absolute Gasteiger partial charge is 0.493 e. The van der Waals surface area contributed by atoms with E-state index in [1.165, 1.54) is 26.4 Å². The third kappa shape index (κ3) is 5.55. The summed E-state index contributed by atoms with van der Waals surface area (Å²) in [6.07, 6.45) is 3.35. The minimum atomic E-state index is -3.69. The molecule has 3 aromatic rings. The Kier molecular flexibility index (Phi) is 6.99. The molecule has 0 bridgehead atoms. The second-order valence-electron chi connectivity index (χ2n) is 6.01. The van der Waals surface area contributed by atoms with E-state index < -0.39 is 10.0 Å². The molecule has 0 fully saturated rings. The molecule has 3 N–H and O–H groups in total. The Balaban J connectivity index is 1.50. The van der Waals surface area contributed by atoms with E-state index in [2.05, 4.69) is 30.5 Å². The average molecular weight is 430 g/mol. The fraction of sp³-hybridized carbons (Fsp3) is 0.211. The molecule has 0 aliphatic carbocycles. The maximum Gasteiger partial charge on any atom is 0.240 e. The monoisotopic (exact) mass is 430 g/mol. The van der Waals surface area contributed by atoms with Crippen LogP contribution in [-0.4, -0.2) is 50.9 Å². The summed E-state index contributed by atoms with van der Waals surface area (Å²) in [4.78, 5) is 4.04. The van der Waals surface area contributed by atoms with E-state index in [-0.39, 0.29) is 11.4 Å². The first kappa shape index (κ1) is 21.3. The number of rotatable bonds is 10. The maximum absolute atomic E-state index is 12.5. The third-order valence-electron chi connectivity index (χ3n) is 4.01. The Morgan fingerprint density at radius 1 is 0.867 bits per heavy atom. The van der Waals surface area contributed by atoms with E-state index in [0.29, 0.717) is 29.7 Å². The molecule has 3 rings (SSSR count). The quantitative estimate of drug-likeness (QED) is 0.414. The lowest BCUT2D eigenvalue weighted by Crippen LogP contribution is -2.29. The Labute approximate surface area is 174 Å². The van der Waals surface area contributed by atoms with Crippen molar-refractivity contribution >= 4 is 27.3 Å². The van der Waals surface area contributed by atoms with Crippen LogP contribution in [0.3, 0.4) is 0 Å². The molecule has 0 radical (unpaired) electrons. The molecule has 0 saturated carbocycles. The van der Waals surface area contributed by atoms with Crippen LogP contribution in [-0.2, 0) is 10.0 Å². The summed E-state index contributed by atoms with van der Waals surface area (Å²) in [6, 6.07) is 11.6. The SMILES string of the molecule is COc1ccc(S(=O)(=O)NCCNc2ccc(Nc3ccncc3)nn2)cc1OC. The molecular weight excluding hydrogens is 408 g/mol. The molecule has 0 atom stereocenters. The van der Waals surface area contributed by atoms with Crippen molar-refractivity contribution in [2.75, 3.05) is 37.9 Å². The molecule has 0 saturated heterocycles. The number of sulfonamides is 1. The van der Waals surface area contributed by atoms with Crippen LogP contribution in [0.25, 0.3) is 0 Å². The van der Waals surface area contributed by atoms with Gasteiger partial charge in [-0.05, 0) is 36.4 Å². The van der Waals surface area contributed by atoms with Crippen molar-refractivity contribution in [2.45, 2.75) is 4.90 Å². The second-order valence-corrected chi connectivity index (χ2v) is 7.77. The van der Waals surface area contributed by atoms with Crippen molar-refractivity contribution < 1.29 is 17.9 Å². The summed E-state index contributed by atoms with van der Waals surface area (Å²) in [5.41, 5.74) is 0.851. The highest BCUT2D eigenvalue weighted by atomic mass is 32.2. The maximum atomic E-state index is 12.5. The fourth-order valence-corrected chi connectivity index (χ4v) is 3.57. The van der Waals surface area contributed by atoms with E-state index in [0.717, 1.165) is 5.69 Å². The number of pyridine rings is 1. The molecule has 11 heteroatoms. The van der Waals surface area contributed by atoms with Crippen LogP contribution in [0.2, 0.25) is 0 Å². The van der Waals surface area contributed by atoms with Gasteiger partial charge in [0.05, 0.1) is 19.1 Å². The predicted molar refractivity (Wildman–Crippen MR) is 113 cm³/mol. The third-order valence-corrected chi connectivity index (χ3v) is 5.46. The minimum Gasteiger partial charge on any atom is -0.493 e. The van der Waals surface area contributed by atoms with Crippen molar-refractivity contribution in [1.82, 2.24) is 19.9 Å². The number of benzene rings is 1. The van der Waals surface area contributed by atoms with Gasteiger partial charge in [-0.2, -0.15) is 0 Å². The molecule has 1 aromatic carbocycles. The van der Waals surface area contributed by atoms with Crippen LogP contribution in [0.4, 0.5) is 17.3 Å². The van der Waals surface area contributed by atoms with Gasteiger partial charge in [0.2, 0.25) is 10.0 Å². The van der Waals surface area contributed by atoms with Crippen LogP contribution in [0, 0.1) is 0 Å². The Morgan fingerprint density at radius 3 is 2.23 bits per heavy atom.